The number of ether oxygens (including phenoxy) is 1. The van der Waals surface area contributed by atoms with Gasteiger partial charge in [-0.2, -0.15) is 0 Å². The van der Waals surface area contributed by atoms with Crippen molar-refractivity contribution in [3.05, 3.63) is 64.1 Å². The SMILES string of the molecule is C[C@H](C(=O)NC1CCCCC1)N(Cc1ccccc1Cl)C(=O)CCCOc1ccc(Cl)cc1. The summed E-state index contributed by atoms with van der Waals surface area (Å²) in [6, 6.07) is 14.1. The van der Waals surface area contributed by atoms with Crippen molar-refractivity contribution in [2.75, 3.05) is 6.61 Å². The van der Waals surface area contributed by atoms with Crippen molar-refractivity contribution < 1.29 is 14.3 Å². The molecule has 1 aliphatic carbocycles. The number of nitrogens with one attached hydrogen (secondary N) is 1. The van der Waals surface area contributed by atoms with Crippen molar-refractivity contribution in [2.45, 2.75) is 70.5 Å². The molecule has 0 aromatic heterocycles. The third kappa shape index (κ3) is 7.94. The van der Waals surface area contributed by atoms with Gasteiger partial charge in [-0.3, -0.25) is 9.59 Å². The third-order valence-electron chi connectivity index (χ3n) is 6.03. The van der Waals surface area contributed by atoms with Crippen LogP contribution < -0.4 is 10.1 Å². The van der Waals surface area contributed by atoms with Crippen molar-refractivity contribution in [3.63, 3.8) is 0 Å². The van der Waals surface area contributed by atoms with E-state index in [2.05, 4.69) is 5.32 Å². The average Bonchev–Trinajstić information content (AvgIpc) is 2.82. The molecule has 0 radical (unpaired) electrons. The molecule has 2 aromatic carbocycles. The third-order valence-corrected chi connectivity index (χ3v) is 6.66. The summed E-state index contributed by atoms with van der Waals surface area (Å²) >= 11 is 12.2. The van der Waals surface area contributed by atoms with Gasteiger partial charge in [-0.25, -0.2) is 0 Å². The maximum atomic E-state index is 13.2. The Morgan fingerprint density at radius 3 is 2.45 bits per heavy atom. The van der Waals surface area contributed by atoms with E-state index in [1.54, 1.807) is 42.2 Å². The van der Waals surface area contributed by atoms with Gasteiger partial charge in [0.25, 0.3) is 0 Å². The molecule has 1 aliphatic rings. The topological polar surface area (TPSA) is 58.6 Å². The van der Waals surface area contributed by atoms with E-state index in [1.165, 1.54) is 6.42 Å². The van der Waals surface area contributed by atoms with Gasteiger partial charge in [-0.15, -0.1) is 0 Å². The molecule has 0 bridgehead atoms. The van der Waals surface area contributed by atoms with Crippen molar-refractivity contribution in [1.82, 2.24) is 10.2 Å². The quantitative estimate of drug-likeness (QED) is 0.414. The summed E-state index contributed by atoms with van der Waals surface area (Å²) in [6.07, 6.45) is 6.30. The lowest BCUT2D eigenvalue weighted by Gasteiger charge is -2.31. The predicted octanol–water partition coefficient (Wildman–Crippen LogP) is 6.02. The number of carbonyl (C=O) groups excluding carboxylic acids is 2. The molecular formula is C26H32Cl2N2O3. The van der Waals surface area contributed by atoms with Crippen LogP contribution in [0.4, 0.5) is 0 Å². The van der Waals surface area contributed by atoms with E-state index in [4.69, 9.17) is 27.9 Å². The maximum absolute atomic E-state index is 13.2. The van der Waals surface area contributed by atoms with Crippen molar-refractivity contribution in [1.29, 1.82) is 0 Å². The molecule has 2 aromatic rings. The lowest BCUT2D eigenvalue weighted by molar-refractivity contribution is -0.141. The molecular weight excluding hydrogens is 459 g/mol. The standard InChI is InChI=1S/C26H32Cl2N2O3/c1-19(26(32)29-22-9-3-2-4-10-22)30(18-20-8-5-6-11-24(20)28)25(31)12-7-17-33-23-15-13-21(27)14-16-23/h5-6,8,11,13-16,19,22H,2-4,7,9-10,12,17-18H2,1H3,(H,29,32)/t19-/m1/s1. The minimum Gasteiger partial charge on any atom is -0.494 e. The Balaban J connectivity index is 1.60. The van der Waals surface area contributed by atoms with Crippen LogP contribution in [0.25, 0.3) is 0 Å². The van der Waals surface area contributed by atoms with E-state index in [0.717, 1.165) is 31.2 Å². The second-order valence-corrected chi connectivity index (χ2v) is 9.38. The largest absolute Gasteiger partial charge is 0.494 e. The summed E-state index contributed by atoms with van der Waals surface area (Å²) in [5, 5.41) is 4.38. The van der Waals surface area contributed by atoms with Crippen LogP contribution in [0, 0.1) is 0 Å². The number of nitrogens with zero attached hydrogens (tertiary/aromatic N) is 1. The van der Waals surface area contributed by atoms with E-state index < -0.39 is 6.04 Å². The highest BCUT2D eigenvalue weighted by molar-refractivity contribution is 6.31. The second-order valence-electron chi connectivity index (χ2n) is 8.54. The zero-order chi connectivity index (χ0) is 23.6. The van der Waals surface area contributed by atoms with Gasteiger partial charge < -0.3 is 15.0 Å². The Kier molecular flexibility index (Phi) is 9.89. The van der Waals surface area contributed by atoms with Gasteiger partial charge in [-0.1, -0.05) is 60.7 Å². The molecule has 3 rings (SSSR count). The summed E-state index contributed by atoms with van der Waals surface area (Å²) in [7, 11) is 0. The molecule has 178 valence electrons. The first-order valence-electron chi connectivity index (χ1n) is 11.7. The van der Waals surface area contributed by atoms with Crippen LogP contribution in [-0.2, 0) is 16.1 Å². The lowest BCUT2D eigenvalue weighted by atomic mass is 9.95. The Morgan fingerprint density at radius 1 is 1.06 bits per heavy atom. The number of hydrogen-bond acceptors (Lipinski definition) is 3. The molecule has 5 nitrogen and oxygen atoms in total. The minimum atomic E-state index is -0.590. The highest BCUT2D eigenvalue weighted by Gasteiger charge is 2.28. The van der Waals surface area contributed by atoms with Gasteiger partial charge in [0, 0.05) is 29.1 Å². The summed E-state index contributed by atoms with van der Waals surface area (Å²) in [6.45, 7) is 2.48. The van der Waals surface area contributed by atoms with E-state index in [9.17, 15) is 9.59 Å². The first kappa shape index (κ1) is 25.4. The average molecular weight is 491 g/mol. The fourth-order valence-corrected chi connectivity index (χ4v) is 4.37. The molecule has 7 heteroatoms. The molecule has 2 amide bonds. The zero-order valence-electron chi connectivity index (χ0n) is 19.1. The monoisotopic (exact) mass is 490 g/mol. The summed E-state index contributed by atoms with van der Waals surface area (Å²) in [5.41, 5.74) is 0.822. The van der Waals surface area contributed by atoms with Gasteiger partial charge in [0.2, 0.25) is 11.8 Å². The molecule has 0 saturated heterocycles. The molecule has 1 saturated carbocycles. The lowest BCUT2D eigenvalue weighted by Crippen LogP contribution is -2.50. The summed E-state index contributed by atoms with van der Waals surface area (Å²) in [4.78, 5) is 27.8. The molecule has 0 unspecified atom stereocenters. The maximum Gasteiger partial charge on any atom is 0.242 e. The first-order valence-corrected chi connectivity index (χ1v) is 12.4. The molecule has 1 N–H and O–H groups in total. The van der Waals surface area contributed by atoms with E-state index in [-0.39, 0.29) is 30.8 Å². The van der Waals surface area contributed by atoms with Gasteiger partial charge in [0.1, 0.15) is 11.8 Å². The first-order chi connectivity index (χ1) is 15.9. The van der Waals surface area contributed by atoms with E-state index in [1.807, 2.05) is 18.2 Å². The van der Waals surface area contributed by atoms with E-state index >= 15 is 0 Å². The Labute approximate surface area is 206 Å². The Morgan fingerprint density at radius 2 is 1.76 bits per heavy atom. The summed E-state index contributed by atoms with van der Waals surface area (Å²) < 4.78 is 5.71. The van der Waals surface area contributed by atoms with Crippen molar-refractivity contribution in [3.8, 4) is 5.75 Å². The van der Waals surface area contributed by atoms with Gasteiger partial charge in [0.15, 0.2) is 0 Å². The van der Waals surface area contributed by atoms with Crippen molar-refractivity contribution >= 4 is 35.0 Å². The smallest absolute Gasteiger partial charge is 0.242 e. The normalized spacial score (nSPS) is 15.0. The highest BCUT2D eigenvalue weighted by Crippen LogP contribution is 2.21. The number of rotatable bonds is 10. The fraction of sp³-hybridized carbons (Fsp3) is 0.462. The Bertz CT molecular complexity index is 914. The van der Waals surface area contributed by atoms with Crippen LogP contribution >= 0.6 is 23.2 Å². The molecule has 1 fully saturated rings. The number of amides is 2. The van der Waals surface area contributed by atoms with Crippen LogP contribution in [-0.4, -0.2) is 35.4 Å². The number of carbonyl (C=O) groups is 2. The highest BCUT2D eigenvalue weighted by atomic mass is 35.5. The fourth-order valence-electron chi connectivity index (χ4n) is 4.05. The molecule has 1 atom stereocenters. The number of halogens is 2. The molecule has 0 spiro atoms. The number of hydrogen-bond donors (Lipinski definition) is 1. The van der Waals surface area contributed by atoms with Crippen LogP contribution in [0.15, 0.2) is 48.5 Å². The van der Waals surface area contributed by atoms with Crippen LogP contribution in [0.2, 0.25) is 10.0 Å². The second kappa shape index (κ2) is 12.9. The van der Waals surface area contributed by atoms with E-state index in [0.29, 0.717) is 28.8 Å². The zero-order valence-corrected chi connectivity index (χ0v) is 20.6. The number of benzene rings is 2. The van der Waals surface area contributed by atoms with Crippen LogP contribution in [0.1, 0.15) is 57.4 Å². The van der Waals surface area contributed by atoms with Crippen molar-refractivity contribution in [2.24, 2.45) is 0 Å². The Hall–Kier alpha value is -2.24. The molecule has 0 aliphatic heterocycles. The molecule has 0 heterocycles. The predicted molar refractivity (Wildman–Crippen MR) is 133 cm³/mol. The van der Waals surface area contributed by atoms with Gasteiger partial charge >= 0.3 is 0 Å². The van der Waals surface area contributed by atoms with Gasteiger partial charge in [0.05, 0.1) is 6.61 Å². The molecule has 33 heavy (non-hydrogen) atoms. The van der Waals surface area contributed by atoms with Gasteiger partial charge in [-0.05, 0) is 62.1 Å². The minimum absolute atomic E-state index is 0.0964. The summed E-state index contributed by atoms with van der Waals surface area (Å²) in [5.74, 6) is 0.501. The van der Waals surface area contributed by atoms with Crippen LogP contribution in [0.3, 0.4) is 0 Å². The van der Waals surface area contributed by atoms with Crippen LogP contribution in [0.5, 0.6) is 5.75 Å².